The number of aryl methyl sites for hydroxylation is 1. The summed E-state index contributed by atoms with van der Waals surface area (Å²) in [5.74, 6) is 0.870. The molecule has 44 heavy (non-hydrogen) atoms. The third-order valence-electron chi connectivity index (χ3n) is 7.05. The number of pyridine rings is 2. The lowest BCUT2D eigenvalue weighted by molar-refractivity contribution is -0.384. The van der Waals surface area contributed by atoms with Gasteiger partial charge in [-0.05, 0) is 45.7 Å². The quantitative estimate of drug-likeness (QED) is 0.150. The van der Waals surface area contributed by atoms with Crippen LogP contribution in [0, 0.1) is 10.1 Å². The first-order valence-electron chi connectivity index (χ1n) is 14.3. The lowest BCUT2D eigenvalue weighted by atomic mass is 10.0. The number of fused-ring (bicyclic) bond motifs is 1. The number of non-ortho nitro benzene ring substituents is 1. The zero-order chi connectivity index (χ0) is 31.4. The first-order valence-corrected chi connectivity index (χ1v) is 14.3. The van der Waals surface area contributed by atoms with Gasteiger partial charge >= 0.3 is 6.09 Å². The van der Waals surface area contributed by atoms with E-state index in [2.05, 4.69) is 9.97 Å². The standard InChI is InChI=1S/C31H35N5O8/c1-31(2,3)44-30(38)35-14-11-21(12-15-35)41-16-17-42-26-6-5-7-27(33-26)43-25-9-8-20(36(39)40)18-23(25)24-19-34(4)29(37)28-22(24)10-13-32-28/h5-10,13,18-19,21,32H,11-12,14-17H2,1-4H3. The maximum absolute atomic E-state index is 12.6. The van der Waals surface area contributed by atoms with Gasteiger partial charge in [-0.2, -0.15) is 4.98 Å². The molecule has 1 N–H and O–H groups in total. The Balaban J connectivity index is 1.22. The van der Waals surface area contributed by atoms with Crippen molar-refractivity contribution < 1.29 is 28.7 Å². The summed E-state index contributed by atoms with van der Waals surface area (Å²) in [7, 11) is 1.61. The fourth-order valence-corrected chi connectivity index (χ4v) is 4.95. The molecule has 0 spiro atoms. The van der Waals surface area contributed by atoms with Gasteiger partial charge < -0.3 is 33.4 Å². The van der Waals surface area contributed by atoms with E-state index < -0.39 is 10.5 Å². The first-order chi connectivity index (χ1) is 21.0. The molecule has 1 fully saturated rings. The number of likely N-dealkylation sites (tertiary alicyclic amines) is 1. The molecule has 0 unspecified atom stereocenters. The predicted molar refractivity (Wildman–Crippen MR) is 162 cm³/mol. The second-order valence-corrected chi connectivity index (χ2v) is 11.5. The van der Waals surface area contributed by atoms with Crippen molar-refractivity contribution in [2.45, 2.75) is 45.3 Å². The number of carbonyl (C=O) groups is 1. The second kappa shape index (κ2) is 12.8. The van der Waals surface area contributed by atoms with E-state index in [1.807, 2.05) is 20.8 Å². The Morgan fingerprint density at radius 3 is 2.57 bits per heavy atom. The average Bonchev–Trinajstić information content (AvgIpc) is 3.48. The minimum atomic E-state index is -0.527. The molecule has 1 saturated heterocycles. The third kappa shape index (κ3) is 7.17. The molecule has 0 radical (unpaired) electrons. The van der Waals surface area contributed by atoms with E-state index >= 15 is 0 Å². The molecule has 5 rings (SSSR count). The minimum absolute atomic E-state index is 0.0180. The number of aromatic amines is 1. The van der Waals surface area contributed by atoms with E-state index in [0.717, 1.165) is 0 Å². The third-order valence-corrected chi connectivity index (χ3v) is 7.05. The predicted octanol–water partition coefficient (Wildman–Crippen LogP) is 5.42. The number of ether oxygens (including phenoxy) is 4. The lowest BCUT2D eigenvalue weighted by Gasteiger charge is -2.33. The Kier molecular flexibility index (Phi) is 8.86. The van der Waals surface area contributed by atoms with Crippen LogP contribution in [-0.4, -0.2) is 68.5 Å². The number of carbonyl (C=O) groups excluding carboxylic acids is 1. The number of amides is 1. The van der Waals surface area contributed by atoms with Gasteiger partial charge in [0.15, 0.2) is 0 Å². The molecule has 4 heterocycles. The van der Waals surface area contributed by atoms with Crippen LogP contribution in [-0.2, 0) is 16.5 Å². The molecule has 4 aromatic rings. The normalized spacial score (nSPS) is 14.0. The van der Waals surface area contributed by atoms with Crippen LogP contribution in [0.3, 0.4) is 0 Å². The van der Waals surface area contributed by atoms with Gasteiger partial charge in [0.1, 0.15) is 23.5 Å². The van der Waals surface area contributed by atoms with Crippen molar-refractivity contribution in [3.8, 4) is 28.6 Å². The molecular formula is C31H35N5O8. The number of nitrogens with zero attached hydrogens (tertiary/aromatic N) is 4. The van der Waals surface area contributed by atoms with Gasteiger partial charge in [0, 0.05) is 73.3 Å². The van der Waals surface area contributed by atoms with Crippen molar-refractivity contribution in [2.24, 2.45) is 7.05 Å². The van der Waals surface area contributed by atoms with Crippen molar-refractivity contribution in [2.75, 3.05) is 26.3 Å². The molecule has 0 atom stereocenters. The number of nitro benzene ring substituents is 1. The van der Waals surface area contributed by atoms with E-state index in [4.69, 9.17) is 18.9 Å². The number of nitro groups is 1. The molecule has 0 saturated carbocycles. The first kappa shape index (κ1) is 30.5. The van der Waals surface area contributed by atoms with Gasteiger partial charge in [-0.25, -0.2) is 4.79 Å². The summed E-state index contributed by atoms with van der Waals surface area (Å²) < 4.78 is 24.7. The van der Waals surface area contributed by atoms with E-state index in [1.165, 1.54) is 22.8 Å². The van der Waals surface area contributed by atoms with Gasteiger partial charge in [-0.3, -0.25) is 14.9 Å². The van der Waals surface area contributed by atoms with Crippen molar-refractivity contribution >= 4 is 22.7 Å². The summed E-state index contributed by atoms with van der Waals surface area (Å²) in [6.45, 7) is 7.29. The zero-order valence-electron chi connectivity index (χ0n) is 25.1. The number of rotatable bonds is 9. The van der Waals surface area contributed by atoms with Crippen LogP contribution in [0.5, 0.6) is 17.5 Å². The summed E-state index contributed by atoms with van der Waals surface area (Å²) >= 11 is 0. The van der Waals surface area contributed by atoms with E-state index in [9.17, 15) is 19.7 Å². The maximum Gasteiger partial charge on any atom is 0.410 e. The number of hydrogen-bond donors (Lipinski definition) is 1. The molecule has 1 aromatic carbocycles. The lowest BCUT2D eigenvalue weighted by Crippen LogP contribution is -2.43. The van der Waals surface area contributed by atoms with E-state index in [-0.39, 0.29) is 35.9 Å². The fourth-order valence-electron chi connectivity index (χ4n) is 4.95. The Morgan fingerprint density at radius 1 is 1.09 bits per heavy atom. The summed E-state index contributed by atoms with van der Waals surface area (Å²) in [4.78, 5) is 45.0. The Bertz CT molecular complexity index is 1720. The Labute approximate surface area is 253 Å². The largest absolute Gasteiger partial charge is 0.475 e. The van der Waals surface area contributed by atoms with Crippen molar-refractivity contribution in [1.29, 1.82) is 0 Å². The molecular weight excluding hydrogens is 570 g/mol. The summed E-state index contributed by atoms with van der Waals surface area (Å²) in [6.07, 6.45) is 4.40. The van der Waals surface area contributed by atoms with Crippen LogP contribution in [0.15, 0.2) is 59.7 Å². The van der Waals surface area contributed by atoms with Crippen molar-refractivity contribution in [1.82, 2.24) is 19.4 Å². The number of hydrogen-bond acceptors (Lipinski definition) is 9. The van der Waals surface area contributed by atoms with Crippen molar-refractivity contribution in [3.63, 3.8) is 0 Å². The highest BCUT2D eigenvalue weighted by Crippen LogP contribution is 2.38. The van der Waals surface area contributed by atoms with Gasteiger partial charge in [0.05, 0.1) is 17.6 Å². The van der Waals surface area contributed by atoms with Crippen LogP contribution in [0.4, 0.5) is 10.5 Å². The van der Waals surface area contributed by atoms with Crippen LogP contribution >= 0.6 is 0 Å². The number of aromatic nitrogens is 3. The SMILES string of the molecule is Cn1cc(-c2cc([N+](=O)[O-])ccc2Oc2cccc(OCCOC3CCN(C(=O)OC(C)(C)C)CC3)n2)c2cc[nH]c2c1=O. The highest BCUT2D eigenvalue weighted by molar-refractivity contribution is 5.96. The molecule has 13 heteroatoms. The topological polar surface area (TPSA) is 151 Å². The average molecular weight is 606 g/mol. The molecule has 1 amide bonds. The van der Waals surface area contributed by atoms with Crippen LogP contribution < -0.4 is 15.0 Å². The molecule has 3 aromatic heterocycles. The number of H-pyrrole nitrogens is 1. The van der Waals surface area contributed by atoms with Gasteiger partial charge in [0.2, 0.25) is 11.8 Å². The highest BCUT2D eigenvalue weighted by Gasteiger charge is 2.27. The number of piperidine rings is 1. The molecule has 232 valence electrons. The summed E-state index contributed by atoms with van der Waals surface area (Å²) in [5, 5.41) is 12.2. The highest BCUT2D eigenvalue weighted by atomic mass is 16.6. The molecule has 1 aliphatic rings. The Morgan fingerprint density at radius 2 is 1.84 bits per heavy atom. The molecule has 0 aliphatic carbocycles. The monoisotopic (exact) mass is 605 g/mol. The maximum atomic E-state index is 12.6. The fraction of sp³-hybridized carbons (Fsp3) is 0.387. The molecule has 0 bridgehead atoms. The summed E-state index contributed by atoms with van der Waals surface area (Å²) in [6, 6.07) is 11.1. The van der Waals surface area contributed by atoms with E-state index in [1.54, 1.807) is 48.6 Å². The molecule has 13 nitrogen and oxygen atoms in total. The van der Waals surface area contributed by atoms with Crippen LogP contribution in [0.25, 0.3) is 22.0 Å². The van der Waals surface area contributed by atoms with Crippen LogP contribution in [0.2, 0.25) is 0 Å². The Hall–Kier alpha value is -4.91. The van der Waals surface area contributed by atoms with Crippen molar-refractivity contribution in [3.05, 3.63) is 75.3 Å². The zero-order valence-corrected chi connectivity index (χ0v) is 25.1. The van der Waals surface area contributed by atoms with Gasteiger partial charge in [-0.15, -0.1) is 0 Å². The minimum Gasteiger partial charge on any atom is -0.475 e. The summed E-state index contributed by atoms with van der Waals surface area (Å²) in [5.41, 5.74) is 0.531. The van der Waals surface area contributed by atoms with E-state index in [0.29, 0.717) is 66.2 Å². The van der Waals surface area contributed by atoms with Gasteiger partial charge in [-0.1, -0.05) is 6.07 Å². The smallest absolute Gasteiger partial charge is 0.410 e. The molecule has 1 aliphatic heterocycles. The second-order valence-electron chi connectivity index (χ2n) is 11.5. The number of benzene rings is 1. The van der Waals surface area contributed by atoms with Gasteiger partial charge in [0.25, 0.3) is 11.2 Å². The van der Waals surface area contributed by atoms with Crippen LogP contribution in [0.1, 0.15) is 33.6 Å². The number of nitrogens with one attached hydrogen (secondary N) is 1.